The van der Waals surface area contributed by atoms with Crippen LogP contribution >= 0.6 is 0 Å². The van der Waals surface area contributed by atoms with Gasteiger partial charge >= 0.3 is 0 Å². The zero-order valence-electron chi connectivity index (χ0n) is 48.3. The maximum absolute atomic E-state index is 9.88. The van der Waals surface area contributed by atoms with E-state index in [2.05, 4.69) is 104 Å². The first-order valence-electron chi connectivity index (χ1n) is 26.6. The second-order valence-electron chi connectivity index (χ2n) is 18.1. The van der Waals surface area contributed by atoms with Gasteiger partial charge < -0.3 is 14.5 Å². The lowest BCUT2D eigenvalue weighted by molar-refractivity contribution is 0.486. The minimum Gasteiger partial charge on any atom is -0.458 e. The van der Waals surface area contributed by atoms with Crippen molar-refractivity contribution in [3.8, 4) is 22.6 Å². The van der Waals surface area contributed by atoms with Crippen LogP contribution in [0, 0.1) is 0 Å². The van der Waals surface area contributed by atoms with E-state index in [1.54, 1.807) is 12.1 Å². The molecule has 0 bridgehead atoms. The number of hydrogen-bond acceptors (Lipinski definition) is 3. The Balaban J connectivity index is 1.45. The molecule has 0 N–H and O–H groups in total. The van der Waals surface area contributed by atoms with E-state index in [0.29, 0.717) is 17.2 Å². The van der Waals surface area contributed by atoms with Crippen LogP contribution in [-0.4, -0.2) is 6.71 Å². The summed E-state index contributed by atoms with van der Waals surface area (Å²) in [5, 5.41) is 0. The molecule has 0 amide bonds. The molecule has 0 atom stereocenters. The standard InChI is InChI=1S/C54H53BN2O/c1-52(2,3)38-23-27-42(28-24-38)57-47-29-25-39(53(4,5)6)32-45(47)55-46-33-40(54(7,8)9)26-30-49(46)58-50-35-44(34-48(57)51(50)55)56(41-20-14-11-15-21-41)43-22-16-19-37(31-43)36-17-12-10-13-18-36/h10-35H,1-9H3/i10D,11D,12D,13D,14D,15D,16D,17D,18D,19D,20D,21D,22D,31D. The van der Waals surface area contributed by atoms with Crippen molar-refractivity contribution in [1.29, 1.82) is 0 Å². The van der Waals surface area contributed by atoms with E-state index >= 15 is 0 Å². The Labute approximate surface area is 365 Å². The molecule has 0 aliphatic carbocycles. The third-order valence-corrected chi connectivity index (χ3v) is 11.0. The summed E-state index contributed by atoms with van der Waals surface area (Å²) in [4.78, 5) is 3.20. The van der Waals surface area contributed by atoms with Crippen LogP contribution in [-0.2, 0) is 16.2 Å². The van der Waals surface area contributed by atoms with Crippen molar-refractivity contribution in [2.75, 3.05) is 9.80 Å². The van der Waals surface area contributed by atoms with Crippen molar-refractivity contribution in [2.45, 2.75) is 78.6 Å². The first-order chi connectivity index (χ1) is 33.5. The Morgan fingerprint density at radius 3 is 1.72 bits per heavy atom. The molecule has 4 heteroatoms. The van der Waals surface area contributed by atoms with Crippen molar-refractivity contribution < 1.29 is 23.9 Å². The molecule has 9 rings (SSSR count). The summed E-state index contributed by atoms with van der Waals surface area (Å²) in [7, 11) is 0. The Kier molecular flexibility index (Phi) is 5.89. The van der Waals surface area contributed by atoms with Gasteiger partial charge in [0.1, 0.15) is 11.5 Å². The van der Waals surface area contributed by atoms with Crippen LogP contribution in [0.3, 0.4) is 0 Å². The van der Waals surface area contributed by atoms with Gasteiger partial charge in [-0.25, -0.2) is 0 Å². The van der Waals surface area contributed by atoms with Gasteiger partial charge in [0.25, 0.3) is 6.71 Å². The highest BCUT2D eigenvalue weighted by Crippen LogP contribution is 2.47. The highest BCUT2D eigenvalue weighted by atomic mass is 16.5. The summed E-state index contributed by atoms with van der Waals surface area (Å²) in [6.45, 7) is 18.9. The van der Waals surface area contributed by atoms with Crippen molar-refractivity contribution in [2.24, 2.45) is 0 Å². The minimum absolute atomic E-state index is 0.0352. The van der Waals surface area contributed by atoms with Crippen LogP contribution in [0.15, 0.2) is 157 Å². The van der Waals surface area contributed by atoms with E-state index in [1.807, 2.05) is 24.3 Å². The van der Waals surface area contributed by atoms with Gasteiger partial charge in [0.2, 0.25) is 0 Å². The Morgan fingerprint density at radius 1 is 0.500 bits per heavy atom. The zero-order chi connectivity index (χ0) is 52.7. The molecule has 0 spiro atoms. The number of rotatable bonds is 5. The predicted octanol–water partition coefficient (Wildman–Crippen LogP) is 13.1. The van der Waals surface area contributed by atoms with Gasteiger partial charge in [0.05, 0.1) is 24.9 Å². The summed E-state index contributed by atoms with van der Waals surface area (Å²) >= 11 is 0. The van der Waals surface area contributed by atoms with Gasteiger partial charge in [0.15, 0.2) is 0 Å². The van der Waals surface area contributed by atoms with E-state index in [4.69, 9.17) is 17.1 Å². The van der Waals surface area contributed by atoms with E-state index in [0.717, 1.165) is 49.4 Å². The molecule has 0 unspecified atom stereocenters. The molecule has 0 saturated carbocycles. The van der Waals surface area contributed by atoms with Crippen LogP contribution in [0.2, 0.25) is 0 Å². The van der Waals surface area contributed by atoms with E-state index in [9.17, 15) is 6.85 Å². The Hall–Kier alpha value is -6.00. The Bertz CT molecular complexity index is 3410. The molecule has 288 valence electrons. The summed E-state index contributed by atoms with van der Waals surface area (Å²) in [5.41, 5.74) is 5.24. The number of ether oxygens (including phenoxy) is 1. The molecular weight excluding hydrogens is 703 g/mol. The molecule has 7 aromatic carbocycles. The van der Waals surface area contributed by atoms with E-state index < -0.39 is 114 Å². The summed E-state index contributed by atoms with van der Waals surface area (Å²) in [6.07, 6.45) is 0. The van der Waals surface area contributed by atoms with E-state index in [-0.39, 0.29) is 21.9 Å². The van der Waals surface area contributed by atoms with Crippen LogP contribution in [0.25, 0.3) is 11.1 Å². The number of para-hydroxylation sites is 1. The first-order valence-corrected chi connectivity index (χ1v) is 19.6. The predicted molar refractivity (Wildman–Crippen MR) is 249 cm³/mol. The number of anilines is 6. The number of nitrogens with zero attached hydrogens (tertiary/aromatic N) is 2. The lowest BCUT2D eigenvalue weighted by atomic mass is 9.33. The lowest BCUT2D eigenvalue weighted by Gasteiger charge is -2.42. The van der Waals surface area contributed by atoms with Crippen LogP contribution in [0.5, 0.6) is 11.5 Å². The van der Waals surface area contributed by atoms with Gasteiger partial charge in [-0.05, 0) is 115 Å². The van der Waals surface area contributed by atoms with Gasteiger partial charge in [-0.15, -0.1) is 0 Å². The molecule has 3 nitrogen and oxygen atoms in total. The summed E-state index contributed by atoms with van der Waals surface area (Å²) in [6, 6.07) is 13.7. The van der Waals surface area contributed by atoms with Crippen LogP contribution < -0.4 is 30.9 Å². The normalized spacial score (nSPS) is 16.7. The van der Waals surface area contributed by atoms with Crippen LogP contribution in [0.4, 0.5) is 34.1 Å². The minimum atomic E-state index is -0.802. The molecule has 58 heavy (non-hydrogen) atoms. The smallest absolute Gasteiger partial charge is 0.256 e. The second kappa shape index (κ2) is 13.8. The molecule has 0 saturated heterocycles. The number of hydrogen-bond donors (Lipinski definition) is 0. The zero-order valence-corrected chi connectivity index (χ0v) is 34.3. The molecular formula is C54H53BN2O. The fourth-order valence-corrected chi connectivity index (χ4v) is 7.86. The molecule has 7 aromatic rings. The van der Waals surface area contributed by atoms with Crippen LogP contribution in [0.1, 0.15) is 98.2 Å². The fraction of sp³-hybridized carbons (Fsp3) is 0.222. The lowest BCUT2D eigenvalue weighted by Crippen LogP contribution is -2.60. The maximum atomic E-state index is 9.88. The van der Waals surface area contributed by atoms with E-state index in [1.165, 1.54) is 0 Å². The Morgan fingerprint density at radius 2 is 1.07 bits per heavy atom. The third-order valence-electron chi connectivity index (χ3n) is 11.0. The fourth-order valence-electron chi connectivity index (χ4n) is 7.86. The van der Waals surface area contributed by atoms with Crippen molar-refractivity contribution >= 4 is 57.2 Å². The third kappa shape index (κ3) is 6.69. The van der Waals surface area contributed by atoms with Gasteiger partial charge in [-0.3, -0.25) is 0 Å². The maximum Gasteiger partial charge on any atom is 0.256 e. The highest BCUT2D eigenvalue weighted by Gasteiger charge is 2.43. The topological polar surface area (TPSA) is 15.7 Å². The molecule has 0 fully saturated rings. The monoisotopic (exact) mass is 771 g/mol. The first kappa shape index (κ1) is 24.7. The SMILES string of the molecule is [2H]c1c([2H])c([2H])c(-c2c([2H])c([2H])c([2H])c(N(c3cc4c5c(c3)N(c3ccc(C(C)(C)C)cc3)c3ccc(C(C)(C)C)cc3B5c3cc(C(C)(C)C)ccc3O4)c3c([2H])c([2H])c([2H])c([2H])c3[2H])c2[2H])c([2H])c1[2H]. The molecule has 2 heterocycles. The van der Waals surface area contributed by atoms with Crippen molar-refractivity contribution in [3.05, 3.63) is 174 Å². The average Bonchev–Trinajstić information content (AvgIpc) is 3.32. The summed E-state index contributed by atoms with van der Waals surface area (Å²) in [5.74, 6) is 0.863. The van der Waals surface area contributed by atoms with Gasteiger partial charge in [-0.1, -0.05) is 159 Å². The molecule has 0 radical (unpaired) electrons. The largest absolute Gasteiger partial charge is 0.458 e. The quantitative estimate of drug-likeness (QED) is 0.162. The number of fused-ring (bicyclic) bond motifs is 4. The average molecular weight is 771 g/mol. The number of benzene rings is 7. The second-order valence-corrected chi connectivity index (χ2v) is 18.1. The molecule has 2 aliphatic heterocycles. The van der Waals surface area contributed by atoms with Crippen molar-refractivity contribution in [1.82, 2.24) is 0 Å². The summed E-state index contributed by atoms with van der Waals surface area (Å²) < 4.78 is 133. The van der Waals surface area contributed by atoms with Crippen molar-refractivity contribution in [3.63, 3.8) is 0 Å². The van der Waals surface area contributed by atoms with Gasteiger partial charge in [-0.2, -0.15) is 0 Å². The van der Waals surface area contributed by atoms with Gasteiger partial charge in [0, 0.05) is 34.5 Å². The molecule has 0 aromatic heterocycles. The highest BCUT2D eigenvalue weighted by molar-refractivity contribution is 6.99. The molecule has 2 aliphatic rings.